The molecule has 0 fully saturated rings. The van der Waals surface area contributed by atoms with E-state index in [0.717, 1.165) is 5.57 Å². The lowest BCUT2D eigenvalue weighted by Crippen LogP contribution is -2.29. The first kappa shape index (κ1) is 12.7. The Labute approximate surface area is 86.4 Å². The lowest BCUT2D eigenvalue weighted by atomic mass is 10.2. The summed E-state index contributed by atoms with van der Waals surface area (Å²) >= 11 is 0. The minimum Gasteiger partial charge on any atom is -0.352 e. The molecule has 1 amide bonds. The highest BCUT2D eigenvalue weighted by Crippen LogP contribution is 1.97. The third kappa shape index (κ3) is 5.36. The van der Waals surface area contributed by atoms with Gasteiger partial charge in [0.05, 0.1) is 0 Å². The van der Waals surface area contributed by atoms with Gasteiger partial charge in [0, 0.05) is 12.5 Å². The van der Waals surface area contributed by atoms with E-state index >= 15 is 0 Å². The van der Waals surface area contributed by atoms with Gasteiger partial charge in [0.25, 0.3) is 0 Å². The van der Waals surface area contributed by atoms with Crippen molar-refractivity contribution in [2.45, 2.75) is 20.8 Å². The molecule has 2 heteroatoms. The van der Waals surface area contributed by atoms with Crippen molar-refractivity contribution in [3.05, 3.63) is 36.5 Å². The maximum Gasteiger partial charge on any atom is 0.222 e. The summed E-state index contributed by atoms with van der Waals surface area (Å²) in [5, 5.41) is 2.85. The van der Waals surface area contributed by atoms with Gasteiger partial charge in [-0.15, -0.1) is 0 Å². The summed E-state index contributed by atoms with van der Waals surface area (Å²) in [5.41, 5.74) is 1.05. The van der Waals surface area contributed by atoms with Gasteiger partial charge in [0.1, 0.15) is 0 Å². The first-order valence-electron chi connectivity index (χ1n) is 4.83. The Morgan fingerprint density at radius 2 is 2.14 bits per heavy atom. The summed E-state index contributed by atoms with van der Waals surface area (Å²) < 4.78 is 0. The van der Waals surface area contributed by atoms with Gasteiger partial charge in [-0.3, -0.25) is 4.79 Å². The summed E-state index contributed by atoms with van der Waals surface area (Å²) in [6.45, 7) is 9.88. The number of carbonyl (C=O) groups excluding carboxylic acids is 1. The van der Waals surface area contributed by atoms with Crippen molar-refractivity contribution >= 4 is 5.91 Å². The number of amides is 1. The van der Waals surface area contributed by atoms with Crippen molar-refractivity contribution in [1.29, 1.82) is 0 Å². The van der Waals surface area contributed by atoms with Crippen LogP contribution in [-0.4, -0.2) is 12.5 Å². The van der Waals surface area contributed by atoms with Crippen LogP contribution in [0.4, 0.5) is 0 Å². The molecule has 0 spiro atoms. The third-order valence-corrected chi connectivity index (χ3v) is 1.70. The van der Waals surface area contributed by atoms with E-state index in [1.807, 2.05) is 39.0 Å². The lowest BCUT2D eigenvalue weighted by Gasteiger charge is -2.07. The van der Waals surface area contributed by atoms with E-state index < -0.39 is 0 Å². The topological polar surface area (TPSA) is 29.1 Å². The molecule has 0 radical (unpaired) electrons. The Hall–Kier alpha value is -1.31. The Balaban J connectivity index is 4.14. The van der Waals surface area contributed by atoms with Crippen LogP contribution in [0.5, 0.6) is 0 Å². The van der Waals surface area contributed by atoms with Crippen molar-refractivity contribution in [3.63, 3.8) is 0 Å². The SMILES string of the molecule is C=C/C=C(\C=C/C)CNC(=O)C(C)C. The maximum absolute atomic E-state index is 11.3. The monoisotopic (exact) mass is 193 g/mol. The maximum atomic E-state index is 11.3. The highest BCUT2D eigenvalue weighted by molar-refractivity contribution is 5.78. The molecule has 0 rings (SSSR count). The normalized spacial score (nSPS) is 12.1. The molecule has 0 aromatic carbocycles. The molecule has 0 aromatic heterocycles. The molecule has 0 saturated carbocycles. The van der Waals surface area contributed by atoms with E-state index in [0.29, 0.717) is 6.54 Å². The molecule has 14 heavy (non-hydrogen) atoms. The Kier molecular flexibility index (Phi) is 6.46. The summed E-state index contributed by atoms with van der Waals surface area (Å²) in [6.07, 6.45) is 7.51. The zero-order valence-corrected chi connectivity index (χ0v) is 9.21. The molecule has 0 atom stereocenters. The fraction of sp³-hybridized carbons (Fsp3) is 0.417. The average molecular weight is 193 g/mol. The van der Waals surface area contributed by atoms with Crippen LogP contribution < -0.4 is 5.32 Å². The predicted molar refractivity (Wildman–Crippen MR) is 60.9 cm³/mol. The Morgan fingerprint density at radius 3 is 2.57 bits per heavy atom. The Morgan fingerprint density at radius 1 is 1.50 bits per heavy atom. The number of allylic oxidation sites excluding steroid dienone is 3. The van der Waals surface area contributed by atoms with Gasteiger partial charge in [-0.2, -0.15) is 0 Å². The molecule has 0 aliphatic carbocycles. The smallest absolute Gasteiger partial charge is 0.222 e. The fourth-order valence-electron chi connectivity index (χ4n) is 0.932. The van der Waals surface area contributed by atoms with Gasteiger partial charge in [0.15, 0.2) is 0 Å². The van der Waals surface area contributed by atoms with Crippen LogP contribution in [0.15, 0.2) is 36.5 Å². The molecule has 2 nitrogen and oxygen atoms in total. The average Bonchev–Trinajstić information content (AvgIpc) is 2.14. The quantitative estimate of drug-likeness (QED) is 0.668. The van der Waals surface area contributed by atoms with Crippen molar-refractivity contribution < 1.29 is 4.79 Å². The largest absolute Gasteiger partial charge is 0.352 e. The van der Waals surface area contributed by atoms with Gasteiger partial charge in [-0.05, 0) is 12.5 Å². The van der Waals surface area contributed by atoms with Gasteiger partial charge in [-0.25, -0.2) is 0 Å². The Bertz CT molecular complexity index is 249. The molecule has 78 valence electrons. The molecule has 0 aliphatic rings. The van der Waals surface area contributed by atoms with E-state index in [4.69, 9.17) is 0 Å². The van der Waals surface area contributed by atoms with E-state index in [2.05, 4.69) is 11.9 Å². The van der Waals surface area contributed by atoms with Crippen LogP contribution in [0.3, 0.4) is 0 Å². The number of rotatable bonds is 5. The van der Waals surface area contributed by atoms with E-state index in [1.54, 1.807) is 6.08 Å². The van der Waals surface area contributed by atoms with Crippen LogP contribution in [0, 0.1) is 5.92 Å². The first-order chi connectivity index (χ1) is 6.61. The highest BCUT2D eigenvalue weighted by Gasteiger charge is 2.05. The second kappa shape index (κ2) is 7.13. The van der Waals surface area contributed by atoms with Crippen molar-refractivity contribution in [1.82, 2.24) is 5.32 Å². The first-order valence-corrected chi connectivity index (χ1v) is 4.83. The van der Waals surface area contributed by atoms with E-state index in [-0.39, 0.29) is 11.8 Å². The van der Waals surface area contributed by atoms with Crippen LogP contribution in [0.25, 0.3) is 0 Å². The number of hydrogen-bond donors (Lipinski definition) is 1. The molecule has 0 saturated heterocycles. The molecule has 0 heterocycles. The standard InChI is InChI=1S/C12H19NO/c1-5-7-11(8-6-2)9-13-12(14)10(3)4/h5-8,10H,1,9H2,2-4H3,(H,13,14)/b8-6-,11-7+. The molecule has 0 unspecified atom stereocenters. The lowest BCUT2D eigenvalue weighted by molar-refractivity contribution is -0.123. The van der Waals surface area contributed by atoms with Gasteiger partial charge in [-0.1, -0.05) is 44.7 Å². The third-order valence-electron chi connectivity index (χ3n) is 1.70. The number of carbonyl (C=O) groups is 1. The molecular formula is C12H19NO. The van der Waals surface area contributed by atoms with E-state index in [9.17, 15) is 4.79 Å². The minimum atomic E-state index is 0.0330. The second-order valence-electron chi connectivity index (χ2n) is 3.35. The van der Waals surface area contributed by atoms with Gasteiger partial charge < -0.3 is 5.32 Å². The van der Waals surface area contributed by atoms with Crippen molar-refractivity contribution in [2.24, 2.45) is 5.92 Å². The van der Waals surface area contributed by atoms with Crippen LogP contribution in [-0.2, 0) is 4.79 Å². The summed E-state index contributed by atoms with van der Waals surface area (Å²) in [6, 6.07) is 0. The fourth-order valence-corrected chi connectivity index (χ4v) is 0.932. The highest BCUT2D eigenvalue weighted by atomic mass is 16.1. The summed E-state index contributed by atoms with van der Waals surface area (Å²) in [7, 11) is 0. The summed E-state index contributed by atoms with van der Waals surface area (Å²) in [5.74, 6) is 0.107. The van der Waals surface area contributed by atoms with Crippen molar-refractivity contribution in [2.75, 3.05) is 6.54 Å². The van der Waals surface area contributed by atoms with Gasteiger partial charge >= 0.3 is 0 Å². The molecule has 1 N–H and O–H groups in total. The zero-order valence-electron chi connectivity index (χ0n) is 9.21. The molecular weight excluding hydrogens is 174 g/mol. The minimum absolute atomic E-state index is 0.0330. The summed E-state index contributed by atoms with van der Waals surface area (Å²) in [4.78, 5) is 11.3. The predicted octanol–water partition coefficient (Wildman–Crippen LogP) is 2.45. The van der Waals surface area contributed by atoms with Crippen LogP contribution in [0.1, 0.15) is 20.8 Å². The molecule has 0 aromatic rings. The number of nitrogens with one attached hydrogen (secondary N) is 1. The zero-order chi connectivity index (χ0) is 11.0. The van der Waals surface area contributed by atoms with Crippen LogP contribution in [0.2, 0.25) is 0 Å². The van der Waals surface area contributed by atoms with Gasteiger partial charge in [0.2, 0.25) is 5.91 Å². The van der Waals surface area contributed by atoms with Crippen LogP contribution >= 0.6 is 0 Å². The molecule has 0 aliphatic heterocycles. The molecule has 0 bridgehead atoms. The van der Waals surface area contributed by atoms with Crippen molar-refractivity contribution in [3.8, 4) is 0 Å². The second-order valence-corrected chi connectivity index (χ2v) is 3.35. The number of hydrogen-bond acceptors (Lipinski definition) is 1. The van der Waals surface area contributed by atoms with E-state index in [1.165, 1.54) is 0 Å².